The maximum atomic E-state index is 2.46. The van der Waals surface area contributed by atoms with Crippen LogP contribution in [0.15, 0.2) is 12.4 Å². The molecule has 2 heteroatoms. The van der Waals surface area contributed by atoms with Crippen molar-refractivity contribution in [1.82, 2.24) is 9.80 Å². The van der Waals surface area contributed by atoms with Crippen LogP contribution in [0.5, 0.6) is 0 Å². The summed E-state index contributed by atoms with van der Waals surface area (Å²) in [5.74, 6) is 0. The molecule has 0 fully saturated rings. The first-order valence-electron chi connectivity index (χ1n) is 9.95. The Morgan fingerprint density at radius 3 is 1.68 bits per heavy atom. The van der Waals surface area contributed by atoms with Gasteiger partial charge >= 0.3 is 0 Å². The van der Waals surface area contributed by atoms with Crippen molar-refractivity contribution in [2.45, 2.75) is 103 Å². The van der Waals surface area contributed by atoms with E-state index in [1.807, 2.05) is 0 Å². The zero-order valence-electron chi connectivity index (χ0n) is 15.5. The molecule has 130 valence electrons. The molecule has 2 nitrogen and oxygen atoms in total. The number of rotatable bonds is 14. The van der Waals surface area contributed by atoms with E-state index in [9.17, 15) is 0 Å². The molecule has 0 spiro atoms. The lowest BCUT2D eigenvalue weighted by molar-refractivity contribution is 0.167. The van der Waals surface area contributed by atoms with E-state index in [0.717, 1.165) is 6.54 Å². The standard InChI is InChI=1S/C20H40N2/c1-4-6-7-8-9-10-11-12-13-14-15-16-17-20-21(3)18-19-22(20)5-2/h18-20H,4-17H2,1-3H3. The highest BCUT2D eigenvalue weighted by molar-refractivity contribution is 4.94. The van der Waals surface area contributed by atoms with Gasteiger partial charge in [-0.15, -0.1) is 0 Å². The van der Waals surface area contributed by atoms with Crippen LogP contribution in [0.3, 0.4) is 0 Å². The second-order valence-electron chi connectivity index (χ2n) is 6.95. The number of hydrogen-bond acceptors (Lipinski definition) is 2. The van der Waals surface area contributed by atoms with Crippen molar-refractivity contribution in [3.05, 3.63) is 12.4 Å². The first-order valence-corrected chi connectivity index (χ1v) is 9.95. The summed E-state index contributed by atoms with van der Waals surface area (Å²) < 4.78 is 0. The first-order chi connectivity index (χ1) is 10.8. The van der Waals surface area contributed by atoms with E-state index in [-0.39, 0.29) is 0 Å². The second kappa shape index (κ2) is 12.8. The lowest BCUT2D eigenvalue weighted by atomic mass is 10.0. The molecule has 0 radical (unpaired) electrons. The smallest absolute Gasteiger partial charge is 0.100 e. The Kier molecular flexibility index (Phi) is 11.3. The molecule has 1 aliphatic rings. The van der Waals surface area contributed by atoms with Crippen molar-refractivity contribution in [2.75, 3.05) is 13.6 Å². The molecule has 0 aromatic rings. The van der Waals surface area contributed by atoms with Gasteiger partial charge in [0.2, 0.25) is 0 Å². The SMILES string of the molecule is CCCCCCCCCCCCCCC1N(C)C=CN1CC. The topological polar surface area (TPSA) is 6.48 Å². The van der Waals surface area contributed by atoms with Gasteiger partial charge in [0.15, 0.2) is 0 Å². The molecule has 1 atom stereocenters. The second-order valence-corrected chi connectivity index (χ2v) is 6.95. The van der Waals surface area contributed by atoms with Crippen molar-refractivity contribution in [3.8, 4) is 0 Å². The quantitative estimate of drug-likeness (QED) is 0.355. The van der Waals surface area contributed by atoms with Crippen LogP contribution in [0, 0.1) is 0 Å². The molecule has 1 heterocycles. The summed E-state index contributed by atoms with van der Waals surface area (Å²) in [7, 11) is 2.21. The number of unbranched alkanes of at least 4 members (excludes halogenated alkanes) is 11. The monoisotopic (exact) mass is 308 g/mol. The Bertz CT molecular complexity index is 275. The number of nitrogens with zero attached hydrogens (tertiary/aromatic N) is 2. The third kappa shape index (κ3) is 8.10. The van der Waals surface area contributed by atoms with Gasteiger partial charge in [0.05, 0.1) is 0 Å². The molecule has 1 rings (SSSR count). The van der Waals surface area contributed by atoms with Crippen LogP contribution in [0.2, 0.25) is 0 Å². The highest BCUT2D eigenvalue weighted by Crippen LogP contribution is 2.20. The normalized spacial score (nSPS) is 17.7. The van der Waals surface area contributed by atoms with Gasteiger partial charge in [-0.1, -0.05) is 77.6 Å². The predicted molar refractivity (Wildman–Crippen MR) is 98.8 cm³/mol. The van der Waals surface area contributed by atoms with E-state index < -0.39 is 0 Å². The van der Waals surface area contributed by atoms with E-state index in [1.165, 1.54) is 83.5 Å². The van der Waals surface area contributed by atoms with Gasteiger partial charge in [-0.05, 0) is 19.8 Å². The fraction of sp³-hybridized carbons (Fsp3) is 0.900. The maximum Gasteiger partial charge on any atom is 0.100 e. The summed E-state index contributed by atoms with van der Waals surface area (Å²) in [6, 6.07) is 0. The molecular weight excluding hydrogens is 268 g/mol. The third-order valence-corrected chi connectivity index (χ3v) is 5.03. The van der Waals surface area contributed by atoms with Crippen LogP contribution in [0.25, 0.3) is 0 Å². The summed E-state index contributed by atoms with van der Waals surface area (Å²) >= 11 is 0. The zero-order valence-corrected chi connectivity index (χ0v) is 15.5. The van der Waals surface area contributed by atoms with Crippen LogP contribution in [0.4, 0.5) is 0 Å². The van der Waals surface area contributed by atoms with Crippen LogP contribution >= 0.6 is 0 Å². The largest absolute Gasteiger partial charge is 0.359 e. The van der Waals surface area contributed by atoms with Gasteiger partial charge < -0.3 is 9.80 Å². The van der Waals surface area contributed by atoms with E-state index in [0.29, 0.717) is 6.17 Å². The zero-order chi connectivity index (χ0) is 16.0. The van der Waals surface area contributed by atoms with Crippen LogP contribution < -0.4 is 0 Å². The van der Waals surface area contributed by atoms with Crippen molar-refractivity contribution in [3.63, 3.8) is 0 Å². The highest BCUT2D eigenvalue weighted by Gasteiger charge is 2.20. The van der Waals surface area contributed by atoms with Gasteiger partial charge in [0.25, 0.3) is 0 Å². The Labute approximate surface area is 139 Å². The van der Waals surface area contributed by atoms with Gasteiger partial charge in [-0.25, -0.2) is 0 Å². The molecule has 0 aliphatic carbocycles. The van der Waals surface area contributed by atoms with Crippen molar-refractivity contribution >= 4 is 0 Å². The molecule has 0 saturated heterocycles. The highest BCUT2D eigenvalue weighted by atomic mass is 15.4. The Hall–Kier alpha value is -0.660. The summed E-state index contributed by atoms with van der Waals surface area (Å²) in [5.41, 5.74) is 0. The van der Waals surface area contributed by atoms with Gasteiger partial charge in [-0.3, -0.25) is 0 Å². The Balaban J connectivity index is 1.84. The average molecular weight is 309 g/mol. The lowest BCUT2D eigenvalue weighted by Gasteiger charge is -2.29. The van der Waals surface area contributed by atoms with Crippen LogP contribution in [0.1, 0.15) is 97.3 Å². The predicted octanol–water partition coefficient (Wildman–Crippen LogP) is 6.14. The molecule has 1 unspecified atom stereocenters. The maximum absolute atomic E-state index is 2.46. The van der Waals surface area contributed by atoms with E-state index in [1.54, 1.807) is 0 Å². The van der Waals surface area contributed by atoms with E-state index in [4.69, 9.17) is 0 Å². The van der Waals surface area contributed by atoms with Crippen LogP contribution in [-0.2, 0) is 0 Å². The molecule has 0 N–H and O–H groups in total. The van der Waals surface area contributed by atoms with Crippen LogP contribution in [-0.4, -0.2) is 29.6 Å². The summed E-state index contributed by atoms with van der Waals surface area (Å²) in [4.78, 5) is 4.82. The molecule has 0 amide bonds. The fourth-order valence-corrected chi connectivity index (χ4v) is 3.48. The summed E-state index contributed by atoms with van der Waals surface area (Å²) in [5, 5.41) is 0. The minimum atomic E-state index is 0.619. The number of hydrogen-bond donors (Lipinski definition) is 0. The molecule has 1 aliphatic heterocycles. The van der Waals surface area contributed by atoms with Crippen molar-refractivity contribution < 1.29 is 0 Å². The molecular formula is C20H40N2. The molecule has 22 heavy (non-hydrogen) atoms. The summed E-state index contributed by atoms with van der Waals surface area (Å²) in [6.07, 6.45) is 23.6. The minimum absolute atomic E-state index is 0.619. The molecule has 0 aromatic heterocycles. The van der Waals surface area contributed by atoms with E-state index >= 15 is 0 Å². The fourth-order valence-electron chi connectivity index (χ4n) is 3.48. The summed E-state index contributed by atoms with van der Waals surface area (Å²) in [6.45, 7) is 5.67. The van der Waals surface area contributed by atoms with Gasteiger partial charge in [0.1, 0.15) is 6.17 Å². The van der Waals surface area contributed by atoms with E-state index in [2.05, 4.69) is 43.1 Å². The molecule has 0 aromatic carbocycles. The van der Waals surface area contributed by atoms with Gasteiger partial charge in [-0.2, -0.15) is 0 Å². The molecule has 0 saturated carbocycles. The average Bonchev–Trinajstić information content (AvgIpc) is 2.88. The third-order valence-electron chi connectivity index (χ3n) is 5.03. The first kappa shape index (κ1) is 19.4. The molecule has 0 bridgehead atoms. The lowest BCUT2D eigenvalue weighted by Crippen LogP contribution is -2.36. The van der Waals surface area contributed by atoms with Crippen molar-refractivity contribution in [2.24, 2.45) is 0 Å². The minimum Gasteiger partial charge on any atom is -0.359 e. The Morgan fingerprint density at radius 1 is 0.682 bits per heavy atom. The Morgan fingerprint density at radius 2 is 1.18 bits per heavy atom. The van der Waals surface area contributed by atoms with Gasteiger partial charge in [0, 0.05) is 26.0 Å². The van der Waals surface area contributed by atoms with Crippen molar-refractivity contribution in [1.29, 1.82) is 0 Å².